The lowest BCUT2D eigenvalue weighted by Gasteiger charge is -2.34. The molecule has 10 heteroatoms. The van der Waals surface area contributed by atoms with Crippen molar-refractivity contribution in [1.82, 2.24) is 14.0 Å². The predicted molar refractivity (Wildman–Crippen MR) is 161 cm³/mol. The van der Waals surface area contributed by atoms with Gasteiger partial charge in [-0.1, -0.05) is 19.6 Å². The highest BCUT2D eigenvalue weighted by atomic mass is 28.3. The van der Waals surface area contributed by atoms with Crippen molar-refractivity contribution < 1.29 is 14.3 Å². The number of likely N-dealkylation sites (N-methyl/N-ethyl adjacent to an activating group) is 1. The fourth-order valence-corrected chi connectivity index (χ4v) is 5.12. The molecule has 212 valence electrons. The van der Waals surface area contributed by atoms with Crippen molar-refractivity contribution in [2.24, 2.45) is 0 Å². The Morgan fingerprint density at radius 2 is 1.74 bits per heavy atom. The summed E-state index contributed by atoms with van der Waals surface area (Å²) in [6, 6.07) is 9.54. The first-order chi connectivity index (χ1) is 18.1. The van der Waals surface area contributed by atoms with Crippen LogP contribution in [-0.4, -0.2) is 72.8 Å². The molecule has 2 aromatic heterocycles. The van der Waals surface area contributed by atoms with Gasteiger partial charge in [-0.15, -0.1) is 0 Å². The average molecular weight is 554 g/mol. The lowest BCUT2D eigenvalue weighted by molar-refractivity contribution is 0.0544. The minimum atomic E-state index is -1.56. The van der Waals surface area contributed by atoms with E-state index >= 15 is 0 Å². The summed E-state index contributed by atoms with van der Waals surface area (Å²) in [6.45, 7) is 18.1. The molecule has 3 aromatic rings. The molecular weight excluding hydrogens is 510 g/mol. The van der Waals surface area contributed by atoms with Crippen molar-refractivity contribution in [2.75, 3.05) is 43.9 Å². The van der Waals surface area contributed by atoms with Crippen LogP contribution in [-0.2, 0) is 16.2 Å². The highest BCUT2D eigenvalue weighted by Crippen LogP contribution is 2.32. The van der Waals surface area contributed by atoms with Crippen LogP contribution in [0.25, 0.3) is 22.2 Å². The van der Waals surface area contributed by atoms with Crippen molar-refractivity contribution in [2.45, 2.75) is 65.4 Å². The first-order valence-corrected chi connectivity index (χ1v) is 17.2. The van der Waals surface area contributed by atoms with E-state index in [9.17, 15) is 9.59 Å². The summed E-state index contributed by atoms with van der Waals surface area (Å²) in [5, 5.41) is 0.851. The summed E-state index contributed by atoms with van der Waals surface area (Å²) in [5.74, 6) is 0. The number of anilines is 2. The van der Waals surface area contributed by atoms with Gasteiger partial charge in [0.2, 0.25) is 0 Å². The molecule has 1 aromatic carbocycles. The summed E-state index contributed by atoms with van der Waals surface area (Å²) in [5.41, 5.74) is 8.27. The Balaban J connectivity index is 1.82. The van der Waals surface area contributed by atoms with Crippen LogP contribution in [0.5, 0.6) is 0 Å². The second-order valence-electron chi connectivity index (χ2n) is 12.6. The topological polar surface area (TPSA) is 95.0 Å². The molecule has 1 aliphatic heterocycles. The monoisotopic (exact) mass is 553 g/mol. The van der Waals surface area contributed by atoms with E-state index in [4.69, 9.17) is 15.2 Å². The number of fused-ring (bicyclic) bond motifs is 1. The summed E-state index contributed by atoms with van der Waals surface area (Å²) in [7, 11) is 0.571. The van der Waals surface area contributed by atoms with E-state index < -0.39 is 19.8 Å². The maximum atomic E-state index is 13.7. The van der Waals surface area contributed by atoms with Crippen LogP contribution >= 0.6 is 0 Å². The minimum absolute atomic E-state index is 0.0514. The van der Waals surface area contributed by atoms with E-state index in [1.807, 2.05) is 45.9 Å². The number of rotatable bonds is 6. The molecule has 39 heavy (non-hydrogen) atoms. The number of nitrogens with zero attached hydrogens (tertiary/aromatic N) is 4. The Morgan fingerprint density at radius 1 is 1.08 bits per heavy atom. The molecule has 1 saturated heterocycles. The minimum Gasteiger partial charge on any atom is -0.443 e. The number of hydrogen-bond donors (Lipinski definition) is 1. The van der Waals surface area contributed by atoms with Crippen LogP contribution in [0.2, 0.25) is 19.6 Å². The Labute approximate surface area is 232 Å². The molecule has 1 atom stereocenters. The van der Waals surface area contributed by atoms with E-state index in [2.05, 4.69) is 42.6 Å². The zero-order valence-corrected chi connectivity index (χ0v) is 25.6. The molecule has 0 spiro atoms. The number of hydrogen-bond acceptors (Lipinski definition) is 7. The molecule has 0 aliphatic carbocycles. The van der Waals surface area contributed by atoms with E-state index in [1.165, 1.54) is 9.13 Å². The number of piperazine rings is 1. The lowest BCUT2D eigenvalue weighted by atomic mass is 10.1. The van der Waals surface area contributed by atoms with Gasteiger partial charge in [0, 0.05) is 54.9 Å². The number of nitrogens with two attached hydrogens (primary N) is 1. The molecule has 4 rings (SSSR count). The smallest absolute Gasteiger partial charge is 0.419 e. The number of carbonyl (C=O) groups excluding carboxylic acids is 1. The second-order valence-corrected chi connectivity index (χ2v) is 18.2. The Hall–Kier alpha value is -3.08. The van der Waals surface area contributed by atoms with Gasteiger partial charge >= 0.3 is 6.09 Å². The molecule has 2 N–H and O–H groups in total. The third-order valence-electron chi connectivity index (χ3n) is 7.30. The van der Waals surface area contributed by atoms with Crippen LogP contribution < -0.4 is 16.2 Å². The fourth-order valence-electron chi connectivity index (χ4n) is 4.55. The number of benzene rings is 1. The number of carbonyl (C=O) groups is 1. The molecule has 0 radical (unpaired) electrons. The van der Waals surface area contributed by atoms with Crippen molar-refractivity contribution in [3.05, 3.63) is 46.9 Å². The highest BCUT2D eigenvalue weighted by molar-refractivity contribution is 6.77. The van der Waals surface area contributed by atoms with Gasteiger partial charge in [-0.3, -0.25) is 9.36 Å². The Kier molecular flexibility index (Phi) is 8.02. The van der Waals surface area contributed by atoms with Crippen LogP contribution in [0.15, 0.2) is 41.3 Å². The van der Waals surface area contributed by atoms with E-state index in [0.717, 1.165) is 37.3 Å². The number of aromatic nitrogens is 2. The van der Waals surface area contributed by atoms with Crippen molar-refractivity contribution in [1.29, 1.82) is 0 Å². The Bertz CT molecular complexity index is 1410. The van der Waals surface area contributed by atoms with Crippen LogP contribution in [0.1, 0.15) is 27.7 Å². The van der Waals surface area contributed by atoms with Gasteiger partial charge in [0.15, 0.2) is 0 Å². The largest absolute Gasteiger partial charge is 0.443 e. The third kappa shape index (κ3) is 6.56. The average Bonchev–Trinajstić information content (AvgIpc) is 3.21. The summed E-state index contributed by atoms with van der Waals surface area (Å²) in [4.78, 5) is 31.9. The molecule has 0 bridgehead atoms. The zero-order valence-electron chi connectivity index (χ0n) is 24.6. The van der Waals surface area contributed by atoms with Gasteiger partial charge in [0.1, 0.15) is 12.3 Å². The van der Waals surface area contributed by atoms with Gasteiger partial charge in [-0.05, 0) is 65.1 Å². The van der Waals surface area contributed by atoms with Crippen LogP contribution in [0.3, 0.4) is 0 Å². The SMILES string of the molecule is CC(OCn1cc(N)cc(-c2cc3cc(N4CCN(C)CC4)ccc3n2C(=O)OC(C)(C)C)c1=O)[Si](C)(C)C. The summed E-state index contributed by atoms with van der Waals surface area (Å²) < 4.78 is 14.8. The fraction of sp³-hybridized carbons (Fsp3) is 0.517. The number of ether oxygens (including phenoxy) is 2. The first kappa shape index (κ1) is 28.9. The molecule has 1 aliphatic rings. The number of nitrogen functional groups attached to an aromatic ring is 1. The van der Waals surface area contributed by atoms with Gasteiger partial charge in [0.25, 0.3) is 5.56 Å². The van der Waals surface area contributed by atoms with Crippen molar-refractivity contribution in [3.8, 4) is 11.3 Å². The van der Waals surface area contributed by atoms with Crippen molar-refractivity contribution in [3.63, 3.8) is 0 Å². The summed E-state index contributed by atoms with van der Waals surface area (Å²) in [6.07, 6.45) is 1.05. The summed E-state index contributed by atoms with van der Waals surface area (Å²) >= 11 is 0. The first-order valence-electron chi connectivity index (χ1n) is 13.6. The van der Waals surface area contributed by atoms with Gasteiger partial charge < -0.3 is 25.0 Å². The molecular formula is C29H43N5O4Si. The molecule has 0 amide bonds. The highest BCUT2D eigenvalue weighted by Gasteiger charge is 2.26. The van der Waals surface area contributed by atoms with E-state index in [0.29, 0.717) is 22.5 Å². The lowest BCUT2D eigenvalue weighted by Crippen LogP contribution is -2.44. The van der Waals surface area contributed by atoms with Crippen LogP contribution in [0, 0.1) is 0 Å². The third-order valence-corrected chi connectivity index (χ3v) is 9.90. The maximum Gasteiger partial charge on any atom is 0.419 e. The Morgan fingerprint density at radius 3 is 2.36 bits per heavy atom. The van der Waals surface area contributed by atoms with Gasteiger partial charge in [0.05, 0.1) is 24.8 Å². The van der Waals surface area contributed by atoms with Crippen LogP contribution in [0.4, 0.5) is 16.2 Å². The zero-order chi connectivity index (χ0) is 28.7. The van der Waals surface area contributed by atoms with Gasteiger partial charge in [-0.25, -0.2) is 9.36 Å². The molecule has 0 saturated carbocycles. The maximum absolute atomic E-state index is 13.7. The number of pyridine rings is 1. The standard InChI is InChI=1S/C29H43N5O4Si/c1-20(39(6,7)8)37-19-33-18-22(30)17-24(27(33)35)26-16-21-15-23(32-13-11-31(5)12-14-32)9-10-25(21)34(26)28(36)38-29(2,3)4/h9-10,15-18,20H,11-14,19,30H2,1-8H3. The predicted octanol–water partition coefficient (Wildman–Crippen LogP) is 4.83. The normalized spacial score (nSPS) is 16.1. The molecule has 3 heterocycles. The van der Waals surface area contributed by atoms with E-state index in [-0.39, 0.29) is 18.0 Å². The molecule has 1 fully saturated rings. The second kappa shape index (κ2) is 10.8. The molecule has 9 nitrogen and oxygen atoms in total. The van der Waals surface area contributed by atoms with E-state index in [1.54, 1.807) is 12.3 Å². The quantitative estimate of drug-likeness (QED) is 0.437. The molecule has 1 unspecified atom stereocenters. The van der Waals surface area contributed by atoms with Crippen molar-refractivity contribution >= 4 is 36.4 Å². The van der Waals surface area contributed by atoms with Gasteiger partial charge in [-0.2, -0.15) is 0 Å².